The molecule has 1 aromatic rings. The SMILES string of the molecule is CCN(CC)c1ccc(CN(C(=O)COC)C2CC2)c(OS(C)(=O)=O)c1. The highest BCUT2D eigenvalue weighted by Crippen LogP contribution is 2.33. The molecule has 26 heavy (non-hydrogen) atoms. The Labute approximate surface area is 156 Å². The fourth-order valence-electron chi connectivity index (χ4n) is 2.90. The molecule has 8 heteroatoms. The summed E-state index contributed by atoms with van der Waals surface area (Å²) in [6, 6.07) is 5.69. The summed E-state index contributed by atoms with van der Waals surface area (Å²) in [5.74, 6) is 0.167. The number of nitrogens with zero attached hydrogens (tertiary/aromatic N) is 2. The summed E-state index contributed by atoms with van der Waals surface area (Å²) in [5, 5.41) is 0. The summed E-state index contributed by atoms with van der Waals surface area (Å²) < 4.78 is 33.6. The Morgan fingerprint density at radius 2 is 1.88 bits per heavy atom. The molecule has 0 spiro atoms. The number of carbonyl (C=O) groups is 1. The van der Waals surface area contributed by atoms with Crippen LogP contribution in [0, 0.1) is 0 Å². The standard InChI is InChI=1S/C18H28N2O5S/c1-5-19(6-2)16-8-7-14(17(11-16)25-26(4,22)23)12-20(15-9-10-15)18(21)13-24-3/h7-8,11,15H,5-6,9-10,12-13H2,1-4H3. The zero-order valence-electron chi connectivity index (χ0n) is 15.9. The number of amides is 1. The molecule has 0 unspecified atom stereocenters. The van der Waals surface area contributed by atoms with Gasteiger partial charge in [0.05, 0.1) is 6.26 Å². The quantitative estimate of drug-likeness (QED) is 0.575. The summed E-state index contributed by atoms with van der Waals surface area (Å²) >= 11 is 0. The Balaban J connectivity index is 2.34. The Morgan fingerprint density at radius 3 is 2.38 bits per heavy atom. The lowest BCUT2D eigenvalue weighted by Gasteiger charge is -2.25. The van der Waals surface area contributed by atoms with Crippen molar-refractivity contribution >= 4 is 21.7 Å². The molecule has 0 atom stereocenters. The van der Waals surface area contributed by atoms with Crippen molar-refractivity contribution in [2.45, 2.75) is 39.3 Å². The molecule has 0 saturated heterocycles. The highest BCUT2D eigenvalue weighted by Gasteiger charge is 2.33. The number of methoxy groups -OCH3 is 1. The summed E-state index contributed by atoms with van der Waals surface area (Å²) in [7, 11) is -2.19. The number of carbonyl (C=O) groups excluding carboxylic acids is 1. The number of rotatable bonds is 10. The van der Waals surface area contributed by atoms with Crippen molar-refractivity contribution in [2.75, 3.05) is 38.0 Å². The molecule has 1 saturated carbocycles. The minimum Gasteiger partial charge on any atom is -0.382 e. The first kappa shape index (κ1) is 20.5. The number of benzene rings is 1. The predicted molar refractivity (Wildman–Crippen MR) is 101 cm³/mol. The van der Waals surface area contributed by atoms with Gasteiger partial charge in [0.1, 0.15) is 12.4 Å². The van der Waals surface area contributed by atoms with Gasteiger partial charge in [0.2, 0.25) is 5.91 Å². The minimum atomic E-state index is -3.67. The van der Waals surface area contributed by atoms with Gasteiger partial charge < -0.3 is 18.7 Å². The van der Waals surface area contributed by atoms with Crippen molar-refractivity contribution in [3.63, 3.8) is 0 Å². The molecule has 1 aliphatic rings. The monoisotopic (exact) mass is 384 g/mol. The van der Waals surface area contributed by atoms with Crippen LogP contribution in [0.4, 0.5) is 5.69 Å². The van der Waals surface area contributed by atoms with Gasteiger partial charge in [-0.25, -0.2) is 0 Å². The van der Waals surface area contributed by atoms with Gasteiger partial charge in [0.15, 0.2) is 0 Å². The smallest absolute Gasteiger partial charge is 0.306 e. The third kappa shape index (κ3) is 5.60. The minimum absolute atomic E-state index is 0.0102. The summed E-state index contributed by atoms with van der Waals surface area (Å²) in [6.07, 6.45) is 2.93. The van der Waals surface area contributed by atoms with E-state index in [1.807, 2.05) is 26.0 Å². The number of ether oxygens (including phenoxy) is 1. The molecule has 0 heterocycles. The van der Waals surface area contributed by atoms with E-state index >= 15 is 0 Å². The van der Waals surface area contributed by atoms with Gasteiger partial charge in [-0.1, -0.05) is 6.07 Å². The molecular weight excluding hydrogens is 356 g/mol. The fourth-order valence-corrected chi connectivity index (χ4v) is 3.38. The normalized spacial score (nSPS) is 14.2. The van der Waals surface area contributed by atoms with E-state index in [2.05, 4.69) is 4.90 Å². The first-order valence-corrected chi connectivity index (χ1v) is 10.7. The highest BCUT2D eigenvalue weighted by molar-refractivity contribution is 7.86. The largest absolute Gasteiger partial charge is 0.382 e. The van der Waals surface area contributed by atoms with Crippen LogP contribution < -0.4 is 9.08 Å². The maximum atomic E-state index is 12.3. The molecule has 1 aromatic carbocycles. The third-order valence-electron chi connectivity index (χ3n) is 4.34. The van der Waals surface area contributed by atoms with Crippen LogP contribution in [0.15, 0.2) is 18.2 Å². The van der Waals surface area contributed by atoms with Crippen molar-refractivity contribution in [2.24, 2.45) is 0 Å². The van der Waals surface area contributed by atoms with Crippen molar-refractivity contribution in [3.8, 4) is 5.75 Å². The van der Waals surface area contributed by atoms with Crippen molar-refractivity contribution in [1.29, 1.82) is 0 Å². The Hall–Kier alpha value is -1.80. The summed E-state index contributed by atoms with van der Waals surface area (Å²) in [5.41, 5.74) is 1.56. The first-order valence-electron chi connectivity index (χ1n) is 8.84. The van der Waals surface area contributed by atoms with Gasteiger partial charge in [-0.3, -0.25) is 4.79 Å². The fraction of sp³-hybridized carbons (Fsp3) is 0.611. The second kappa shape index (κ2) is 8.73. The Morgan fingerprint density at radius 1 is 1.23 bits per heavy atom. The zero-order chi connectivity index (χ0) is 19.3. The van der Waals surface area contributed by atoms with Crippen LogP contribution in [0.25, 0.3) is 0 Å². The van der Waals surface area contributed by atoms with Gasteiger partial charge >= 0.3 is 10.1 Å². The van der Waals surface area contributed by atoms with Gasteiger partial charge in [-0.05, 0) is 32.8 Å². The van der Waals surface area contributed by atoms with Crippen LogP contribution >= 0.6 is 0 Å². The van der Waals surface area contributed by atoms with Gasteiger partial charge in [0, 0.05) is 50.1 Å². The number of anilines is 1. The van der Waals surface area contributed by atoms with Crippen molar-refractivity contribution in [3.05, 3.63) is 23.8 Å². The number of hydrogen-bond acceptors (Lipinski definition) is 6. The Bertz CT molecular complexity index is 727. The maximum absolute atomic E-state index is 12.3. The molecule has 0 radical (unpaired) electrons. The van der Waals surface area contributed by atoms with E-state index in [0.29, 0.717) is 12.1 Å². The topological polar surface area (TPSA) is 76.2 Å². The summed E-state index contributed by atoms with van der Waals surface area (Å²) in [6.45, 7) is 5.98. The van der Waals surface area contributed by atoms with Crippen LogP contribution in [0.1, 0.15) is 32.3 Å². The third-order valence-corrected chi connectivity index (χ3v) is 4.82. The molecule has 1 amide bonds. The maximum Gasteiger partial charge on any atom is 0.306 e. The first-order chi connectivity index (χ1) is 12.3. The van der Waals surface area contributed by atoms with Crippen molar-refractivity contribution < 1.29 is 22.1 Å². The summed E-state index contributed by atoms with van der Waals surface area (Å²) in [4.78, 5) is 16.2. The molecule has 7 nitrogen and oxygen atoms in total. The van der Waals surface area contributed by atoms with E-state index < -0.39 is 10.1 Å². The van der Waals surface area contributed by atoms with Crippen LogP contribution in [0.5, 0.6) is 5.75 Å². The van der Waals surface area contributed by atoms with Crippen LogP contribution in [0.3, 0.4) is 0 Å². The van der Waals surface area contributed by atoms with E-state index in [1.54, 1.807) is 11.0 Å². The van der Waals surface area contributed by atoms with Gasteiger partial charge in [-0.15, -0.1) is 0 Å². The van der Waals surface area contributed by atoms with E-state index in [9.17, 15) is 13.2 Å². The molecule has 1 aliphatic carbocycles. The van der Waals surface area contributed by atoms with Gasteiger partial charge in [-0.2, -0.15) is 8.42 Å². The van der Waals surface area contributed by atoms with Crippen molar-refractivity contribution in [1.82, 2.24) is 4.90 Å². The van der Waals surface area contributed by atoms with E-state index in [4.69, 9.17) is 8.92 Å². The molecule has 0 N–H and O–H groups in total. The second-order valence-corrected chi connectivity index (χ2v) is 8.01. The van der Waals surface area contributed by atoms with Crippen LogP contribution in [0.2, 0.25) is 0 Å². The zero-order valence-corrected chi connectivity index (χ0v) is 16.7. The highest BCUT2D eigenvalue weighted by atomic mass is 32.2. The molecule has 0 aromatic heterocycles. The second-order valence-electron chi connectivity index (χ2n) is 6.44. The van der Waals surface area contributed by atoms with Crippen LogP contribution in [-0.4, -0.2) is 58.3 Å². The lowest BCUT2D eigenvalue weighted by molar-refractivity contribution is -0.136. The Kier molecular flexibility index (Phi) is 6.88. The average molecular weight is 384 g/mol. The predicted octanol–water partition coefficient (Wildman–Crippen LogP) is 2.01. The molecule has 2 rings (SSSR count). The molecule has 1 fully saturated rings. The van der Waals surface area contributed by atoms with Crippen LogP contribution in [-0.2, 0) is 26.2 Å². The lowest BCUT2D eigenvalue weighted by Crippen LogP contribution is -2.35. The number of hydrogen-bond donors (Lipinski definition) is 0. The molecule has 146 valence electrons. The van der Waals surface area contributed by atoms with E-state index in [0.717, 1.165) is 37.9 Å². The van der Waals surface area contributed by atoms with E-state index in [-0.39, 0.29) is 24.3 Å². The van der Waals surface area contributed by atoms with Gasteiger partial charge in [0.25, 0.3) is 0 Å². The molecular formula is C18H28N2O5S. The molecule has 0 aliphatic heterocycles. The molecule has 0 bridgehead atoms. The average Bonchev–Trinajstić information content (AvgIpc) is 3.38. The van der Waals surface area contributed by atoms with E-state index in [1.165, 1.54) is 7.11 Å². The lowest BCUT2D eigenvalue weighted by atomic mass is 10.1.